The number of nitrogens with zero attached hydrogens (tertiary/aromatic N) is 1. The third-order valence-corrected chi connectivity index (χ3v) is 2.78. The van der Waals surface area contributed by atoms with Gasteiger partial charge in [-0.2, -0.15) is 0 Å². The molecule has 0 atom stereocenters. The summed E-state index contributed by atoms with van der Waals surface area (Å²) in [5, 5.41) is 8.71. The van der Waals surface area contributed by atoms with Crippen LogP contribution in [0.15, 0.2) is 24.3 Å². The van der Waals surface area contributed by atoms with E-state index in [2.05, 4.69) is 15.5 Å². The molecule has 0 saturated carbocycles. The van der Waals surface area contributed by atoms with Crippen molar-refractivity contribution in [1.82, 2.24) is 14.8 Å². The first kappa shape index (κ1) is 12.0. The van der Waals surface area contributed by atoms with Gasteiger partial charge in [0.1, 0.15) is 6.73 Å². The summed E-state index contributed by atoms with van der Waals surface area (Å²) < 4.78 is 7.79. The summed E-state index contributed by atoms with van der Waals surface area (Å²) in [6, 6.07) is 7.76. The van der Waals surface area contributed by atoms with Crippen LogP contribution in [0.1, 0.15) is 0 Å². The molecule has 0 radical (unpaired) electrons. The molecule has 0 aliphatic rings. The van der Waals surface area contributed by atoms with Crippen LogP contribution in [-0.4, -0.2) is 28.6 Å². The zero-order valence-electron chi connectivity index (χ0n) is 9.19. The van der Waals surface area contributed by atoms with E-state index in [1.165, 1.54) is 0 Å². The van der Waals surface area contributed by atoms with E-state index in [0.717, 1.165) is 11.4 Å². The number of ether oxygens (including phenoxy) is 1. The van der Waals surface area contributed by atoms with Crippen molar-refractivity contribution in [2.75, 3.05) is 19.2 Å². The van der Waals surface area contributed by atoms with E-state index in [1.54, 1.807) is 11.7 Å². The second-order valence-corrected chi connectivity index (χ2v) is 4.13. The Bertz CT molecular complexity index is 586. The molecule has 3 N–H and O–H groups in total. The first-order valence-electron chi connectivity index (χ1n) is 4.95. The molecule has 1 aromatic carbocycles. The number of hydrogen-bond donors (Lipinski definition) is 3. The van der Waals surface area contributed by atoms with E-state index < -0.39 is 0 Å². The van der Waals surface area contributed by atoms with Gasteiger partial charge in [0, 0.05) is 12.8 Å². The molecule has 17 heavy (non-hydrogen) atoms. The molecule has 2 aromatic rings. The number of nitrogens with one attached hydrogen (secondary N) is 3. The second-order valence-electron chi connectivity index (χ2n) is 3.36. The average molecular weight is 268 g/mol. The van der Waals surface area contributed by atoms with Crippen molar-refractivity contribution in [2.45, 2.75) is 0 Å². The highest BCUT2D eigenvalue weighted by molar-refractivity contribution is 7.72. The lowest BCUT2D eigenvalue weighted by Crippen LogP contribution is -2.03. The SMILES string of the molecule is COCNc1cccc(-n2c(=S)[nH][nH]c2=S)c1. The number of aromatic nitrogens is 3. The van der Waals surface area contributed by atoms with Gasteiger partial charge in [0.25, 0.3) is 0 Å². The third kappa shape index (κ3) is 2.63. The molecular weight excluding hydrogens is 256 g/mol. The molecular formula is C10H12N4OS2. The van der Waals surface area contributed by atoms with Crippen LogP contribution in [0.25, 0.3) is 5.69 Å². The van der Waals surface area contributed by atoms with Gasteiger partial charge < -0.3 is 10.1 Å². The Hall–Kier alpha value is -1.44. The molecule has 0 aliphatic carbocycles. The Balaban J connectivity index is 2.40. The Morgan fingerprint density at radius 2 is 2.00 bits per heavy atom. The molecule has 2 rings (SSSR count). The summed E-state index contributed by atoms with van der Waals surface area (Å²) in [4.78, 5) is 0. The van der Waals surface area contributed by atoms with Crippen LogP contribution in [-0.2, 0) is 4.74 Å². The van der Waals surface area contributed by atoms with Gasteiger partial charge in [-0.3, -0.25) is 14.8 Å². The largest absolute Gasteiger partial charge is 0.365 e. The minimum Gasteiger partial charge on any atom is -0.365 e. The number of methoxy groups -OCH3 is 1. The number of H-pyrrole nitrogens is 2. The van der Waals surface area contributed by atoms with Crippen LogP contribution in [0.4, 0.5) is 5.69 Å². The minimum absolute atomic E-state index is 0.453. The average Bonchev–Trinajstić information content (AvgIpc) is 2.67. The number of aromatic amines is 2. The van der Waals surface area contributed by atoms with E-state index in [9.17, 15) is 0 Å². The highest BCUT2D eigenvalue weighted by atomic mass is 32.1. The van der Waals surface area contributed by atoms with Crippen LogP contribution in [0.3, 0.4) is 0 Å². The van der Waals surface area contributed by atoms with Gasteiger partial charge in [-0.15, -0.1) is 0 Å². The first-order valence-corrected chi connectivity index (χ1v) is 5.77. The Morgan fingerprint density at radius 1 is 1.29 bits per heavy atom. The van der Waals surface area contributed by atoms with Crippen LogP contribution in [0.5, 0.6) is 0 Å². The molecule has 5 nitrogen and oxygen atoms in total. The third-order valence-electron chi connectivity index (χ3n) is 2.21. The van der Waals surface area contributed by atoms with Crippen LogP contribution >= 0.6 is 24.4 Å². The van der Waals surface area contributed by atoms with Gasteiger partial charge in [-0.25, -0.2) is 0 Å². The maximum atomic E-state index is 5.15. The second kappa shape index (κ2) is 5.26. The molecule has 1 aromatic heterocycles. The van der Waals surface area contributed by atoms with Gasteiger partial charge in [0.05, 0.1) is 5.69 Å². The van der Waals surface area contributed by atoms with Crippen molar-refractivity contribution >= 4 is 30.1 Å². The molecule has 0 unspecified atom stereocenters. The van der Waals surface area contributed by atoms with E-state index in [4.69, 9.17) is 29.2 Å². The Morgan fingerprint density at radius 3 is 2.65 bits per heavy atom. The van der Waals surface area contributed by atoms with Gasteiger partial charge in [0.2, 0.25) is 0 Å². The van der Waals surface area contributed by atoms with E-state index in [-0.39, 0.29) is 0 Å². The molecule has 0 saturated heterocycles. The molecule has 0 aliphatic heterocycles. The summed E-state index contributed by atoms with van der Waals surface area (Å²) >= 11 is 10.3. The van der Waals surface area contributed by atoms with Gasteiger partial charge in [-0.1, -0.05) is 6.07 Å². The van der Waals surface area contributed by atoms with Gasteiger partial charge in [0.15, 0.2) is 9.54 Å². The first-order chi connectivity index (χ1) is 8.22. The lowest BCUT2D eigenvalue weighted by atomic mass is 10.3. The summed E-state index contributed by atoms with van der Waals surface area (Å²) in [7, 11) is 1.63. The minimum atomic E-state index is 0.453. The number of anilines is 1. The van der Waals surface area contributed by atoms with Crippen LogP contribution in [0, 0.1) is 9.54 Å². The zero-order chi connectivity index (χ0) is 12.3. The standard InChI is InChI=1S/C10H12N4OS2/c1-15-6-11-7-3-2-4-8(5-7)14-9(16)12-13-10(14)17/h2-5,11H,6H2,1H3,(H,12,16)(H,13,17). The van der Waals surface area contributed by atoms with E-state index >= 15 is 0 Å². The van der Waals surface area contributed by atoms with Crippen molar-refractivity contribution < 1.29 is 4.74 Å². The maximum Gasteiger partial charge on any atom is 0.198 e. The molecule has 0 amide bonds. The summed E-state index contributed by atoms with van der Waals surface area (Å²) in [6.07, 6.45) is 0. The number of benzene rings is 1. The molecule has 7 heteroatoms. The van der Waals surface area contributed by atoms with Crippen molar-refractivity contribution in [3.05, 3.63) is 33.8 Å². The highest BCUT2D eigenvalue weighted by Crippen LogP contribution is 2.15. The van der Waals surface area contributed by atoms with Crippen molar-refractivity contribution in [3.63, 3.8) is 0 Å². The smallest absolute Gasteiger partial charge is 0.198 e. The molecule has 0 bridgehead atoms. The highest BCUT2D eigenvalue weighted by Gasteiger charge is 2.01. The molecule has 0 spiro atoms. The molecule has 1 heterocycles. The fraction of sp³-hybridized carbons (Fsp3) is 0.200. The molecule has 90 valence electrons. The summed E-state index contributed by atoms with van der Waals surface area (Å²) in [6.45, 7) is 0.453. The lowest BCUT2D eigenvalue weighted by molar-refractivity contribution is 0.221. The maximum absolute atomic E-state index is 5.15. The van der Waals surface area contributed by atoms with Gasteiger partial charge >= 0.3 is 0 Å². The topological polar surface area (TPSA) is 57.8 Å². The van der Waals surface area contributed by atoms with Gasteiger partial charge in [-0.05, 0) is 42.6 Å². The van der Waals surface area contributed by atoms with E-state index in [1.807, 2.05) is 24.3 Å². The predicted octanol–water partition coefficient (Wildman–Crippen LogP) is 2.61. The fourth-order valence-corrected chi connectivity index (χ4v) is 2.01. The number of rotatable bonds is 4. The normalized spacial score (nSPS) is 10.4. The van der Waals surface area contributed by atoms with Crippen molar-refractivity contribution in [3.8, 4) is 5.69 Å². The monoisotopic (exact) mass is 268 g/mol. The van der Waals surface area contributed by atoms with E-state index in [0.29, 0.717) is 16.3 Å². The quantitative estimate of drug-likeness (QED) is 0.589. The summed E-state index contributed by atoms with van der Waals surface area (Å²) in [5.41, 5.74) is 1.85. The molecule has 0 fully saturated rings. The Labute approximate surface area is 108 Å². The summed E-state index contributed by atoms with van der Waals surface area (Å²) in [5.74, 6) is 0. The van der Waals surface area contributed by atoms with Crippen molar-refractivity contribution in [2.24, 2.45) is 0 Å². The van der Waals surface area contributed by atoms with Crippen LogP contribution < -0.4 is 5.32 Å². The Kier molecular flexibility index (Phi) is 3.72. The number of hydrogen-bond acceptors (Lipinski definition) is 4. The van der Waals surface area contributed by atoms with Crippen LogP contribution in [0.2, 0.25) is 0 Å². The fourth-order valence-electron chi connectivity index (χ4n) is 1.46. The zero-order valence-corrected chi connectivity index (χ0v) is 10.8. The predicted molar refractivity (Wildman–Crippen MR) is 71.6 cm³/mol. The van der Waals surface area contributed by atoms with Crippen molar-refractivity contribution in [1.29, 1.82) is 0 Å². The lowest BCUT2D eigenvalue weighted by Gasteiger charge is -2.07.